The summed E-state index contributed by atoms with van der Waals surface area (Å²) in [5.74, 6) is 4.67. The van der Waals surface area contributed by atoms with Crippen molar-refractivity contribution in [2.24, 2.45) is 28.9 Å². The summed E-state index contributed by atoms with van der Waals surface area (Å²) >= 11 is 0. The molecule has 0 aromatic carbocycles. The largest absolute Gasteiger partial charge is 0.321 e. The van der Waals surface area contributed by atoms with E-state index < -0.39 is 0 Å². The van der Waals surface area contributed by atoms with Gasteiger partial charge < -0.3 is 5.73 Å². The summed E-state index contributed by atoms with van der Waals surface area (Å²) in [7, 11) is 0. The summed E-state index contributed by atoms with van der Waals surface area (Å²) < 4.78 is 0. The number of aryl methyl sites for hydroxylation is 1. The summed E-state index contributed by atoms with van der Waals surface area (Å²) in [6, 6.07) is 0.0396. The Bertz CT molecular complexity index is 457. The highest BCUT2D eigenvalue weighted by Gasteiger charge is 2.54. The van der Waals surface area contributed by atoms with Crippen LogP contribution in [0.25, 0.3) is 0 Å². The standard InChI is InChI=1S/C16H26N4/c1-2-3-13-18-15(20-19-13)14(17)16-7-10-4-11(8-16)6-12(5-10)9-16/h10-12,14H,2-9,17H2,1H3,(H,18,19,20). The van der Waals surface area contributed by atoms with Crippen molar-refractivity contribution in [1.29, 1.82) is 0 Å². The Morgan fingerprint density at radius 2 is 1.80 bits per heavy atom. The fourth-order valence-corrected chi connectivity index (χ4v) is 5.63. The first kappa shape index (κ1) is 12.8. The van der Waals surface area contributed by atoms with E-state index in [1.165, 1.54) is 38.5 Å². The Kier molecular flexibility index (Phi) is 2.92. The van der Waals surface area contributed by atoms with Crippen LogP contribution < -0.4 is 5.73 Å². The van der Waals surface area contributed by atoms with Gasteiger partial charge in [0, 0.05) is 6.42 Å². The maximum absolute atomic E-state index is 6.66. The third-order valence-corrected chi connectivity index (χ3v) is 6.06. The molecule has 1 aromatic heterocycles. The molecule has 1 unspecified atom stereocenters. The van der Waals surface area contributed by atoms with Crippen LogP contribution in [-0.2, 0) is 6.42 Å². The second kappa shape index (κ2) is 4.55. The molecule has 1 atom stereocenters. The molecule has 1 heterocycles. The molecule has 4 nitrogen and oxygen atoms in total. The fourth-order valence-electron chi connectivity index (χ4n) is 5.63. The second-order valence-corrected chi connectivity index (χ2v) is 7.65. The predicted octanol–water partition coefficient (Wildman–Crippen LogP) is 2.97. The zero-order chi connectivity index (χ0) is 13.7. The van der Waals surface area contributed by atoms with Crippen LogP contribution in [0.2, 0.25) is 0 Å². The predicted molar refractivity (Wildman–Crippen MR) is 77.9 cm³/mol. The van der Waals surface area contributed by atoms with Crippen molar-refractivity contribution in [2.75, 3.05) is 0 Å². The topological polar surface area (TPSA) is 67.6 Å². The molecule has 110 valence electrons. The van der Waals surface area contributed by atoms with Crippen molar-refractivity contribution in [3.05, 3.63) is 11.6 Å². The summed E-state index contributed by atoms with van der Waals surface area (Å²) in [6.07, 6.45) is 10.4. The van der Waals surface area contributed by atoms with Gasteiger partial charge in [0.05, 0.1) is 6.04 Å². The molecular weight excluding hydrogens is 248 g/mol. The van der Waals surface area contributed by atoms with Crippen LogP contribution in [0.15, 0.2) is 0 Å². The van der Waals surface area contributed by atoms with Crippen molar-refractivity contribution in [3.8, 4) is 0 Å². The van der Waals surface area contributed by atoms with Crippen molar-refractivity contribution in [3.63, 3.8) is 0 Å². The number of nitrogens with two attached hydrogens (primary N) is 1. The molecule has 0 amide bonds. The van der Waals surface area contributed by atoms with E-state index >= 15 is 0 Å². The second-order valence-electron chi connectivity index (χ2n) is 7.65. The van der Waals surface area contributed by atoms with Gasteiger partial charge in [-0.05, 0) is 68.1 Å². The zero-order valence-corrected chi connectivity index (χ0v) is 12.4. The molecule has 4 aliphatic rings. The number of H-pyrrole nitrogens is 1. The summed E-state index contributed by atoms with van der Waals surface area (Å²) in [4.78, 5) is 4.67. The molecule has 5 rings (SSSR count). The lowest BCUT2D eigenvalue weighted by molar-refractivity contribution is -0.0691. The minimum absolute atomic E-state index is 0.0396. The first-order valence-electron chi connectivity index (χ1n) is 8.35. The lowest BCUT2D eigenvalue weighted by Crippen LogP contribution is -2.51. The number of hydrogen-bond acceptors (Lipinski definition) is 3. The minimum Gasteiger partial charge on any atom is -0.321 e. The summed E-state index contributed by atoms with van der Waals surface area (Å²) in [6.45, 7) is 2.17. The number of nitrogens with one attached hydrogen (secondary N) is 1. The Morgan fingerprint density at radius 1 is 1.20 bits per heavy atom. The molecule has 0 aliphatic heterocycles. The SMILES string of the molecule is CCCc1nc(C(N)C23CC4CC(CC(C4)C2)C3)n[nH]1. The highest BCUT2D eigenvalue weighted by Crippen LogP contribution is 2.63. The third-order valence-electron chi connectivity index (χ3n) is 6.06. The highest BCUT2D eigenvalue weighted by atomic mass is 15.2. The number of rotatable bonds is 4. The monoisotopic (exact) mass is 274 g/mol. The maximum Gasteiger partial charge on any atom is 0.167 e. The molecule has 4 fully saturated rings. The van der Waals surface area contributed by atoms with E-state index in [1.54, 1.807) is 0 Å². The van der Waals surface area contributed by atoms with Crippen LogP contribution in [0.1, 0.15) is 69.6 Å². The van der Waals surface area contributed by atoms with E-state index in [0.29, 0.717) is 5.41 Å². The Morgan fingerprint density at radius 3 is 2.35 bits per heavy atom. The lowest BCUT2D eigenvalue weighted by atomic mass is 9.47. The van der Waals surface area contributed by atoms with Crippen LogP contribution in [0.4, 0.5) is 0 Å². The summed E-state index contributed by atoms with van der Waals surface area (Å²) in [5, 5.41) is 7.51. The van der Waals surface area contributed by atoms with Gasteiger partial charge in [0.15, 0.2) is 5.82 Å². The number of nitrogens with zero attached hydrogens (tertiary/aromatic N) is 2. The molecule has 4 heteroatoms. The van der Waals surface area contributed by atoms with E-state index in [-0.39, 0.29) is 6.04 Å². The fraction of sp³-hybridized carbons (Fsp3) is 0.875. The Balaban J connectivity index is 1.59. The van der Waals surface area contributed by atoms with E-state index in [1.807, 2.05) is 0 Å². The van der Waals surface area contributed by atoms with Gasteiger partial charge in [-0.25, -0.2) is 4.98 Å². The smallest absolute Gasteiger partial charge is 0.167 e. The molecule has 0 spiro atoms. The average molecular weight is 274 g/mol. The first-order chi connectivity index (χ1) is 9.68. The van der Waals surface area contributed by atoms with E-state index in [9.17, 15) is 0 Å². The van der Waals surface area contributed by atoms with Crippen LogP contribution in [0.5, 0.6) is 0 Å². The Labute approximate surface area is 120 Å². The number of aromatic amines is 1. The van der Waals surface area contributed by atoms with Crippen molar-refractivity contribution < 1.29 is 0 Å². The van der Waals surface area contributed by atoms with E-state index in [2.05, 4.69) is 22.1 Å². The minimum atomic E-state index is 0.0396. The first-order valence-corrected chi connectivity index (χ1v) is 8.35. The molecular formula is C16H26N4. The normalized spacial score (nSPS) is 40.2. The number of aromatic nitrogens is 3. The van der Waals surface area contributed by atoms with Crippen LogP contribution in [0, 0.1) is 23.2 Å². The van der Waals surface area contributed by atoms with Crippen molar-refractivity contribution in [2.45, 2.75) is 64.3 Å². The molecule has 4 saturated carbocycles. The highest BCUT2D eigenvalue weighted by molar-refractivity contribution is 5.11. The van der Waals surface area contributed by atoms with Crippen LogP contribution in [0.3, 0.4) is 0 Å². The molecule has 3 N–H and O–H groups in total. The summed E-state index contributed by atoms with van der Waals surface area (Å²) in [5.41, 5.74) is 6.96. The van der Waals surface area contributed by atoms with Gasteiger partial charge in [-0.3, -0.25) is 5.10 Å². The van der Waals surface area contributed by atoms with Gasteiger partial charge in [0.1, 0.15) is 5.82 Å². The van der Waals surface area contributed by atoms with Gasteiger partial charge in [-0.15, -0.1) is 0 Å². The van der Waals surface area contributed by atoms with E-state index in [4.69, 9.17) is 5.73 Å². The average Bonchev–Trinajstić information content (AvgIpc) is 2.85. The van der Waals surface area contributed by atoms with Gasteiger partial charge in [0.25, 0.3) is 0 Å². The molecule has 4 aliphatic carbocycles. The van der Waals surface area contributed by atoms with Crippen molar-refractivity contribution in [1.82, 2.24) is 15.2 Å². The molecule has 4 bridgehead atoms. The van der Waals surface area contributed by atoms with Gasteiger partial charge in [-0.1, -0.05) is 6.92 Å². The van der Waals surface area contributed by atoms with Crippen LogP contribution >= 0.6 is 0 Å². The van der Waals surface area contributed by atoms with E-state index in [0.717, 1.165) is 42.2 Å². The molecule has 0 saturated heterocycles. The number of hydrogen-bond donors (Lipinski definition) is 2. The molecule has 20 heavy (non-hydrogen) atoms. The van der Waals surface area contributed by atoms with Gasteiger partial charge >= 0.3 is 0 Å². The maximum atomic E-state index is 6.66. The molecule has 1 aromatic rings. The van der Waals surface area contributed by atoms with Gasteiger partial charge in [-0.2, -0.15) is 5.10 Å². The third kappa shape index (κ3) is 1.92. The Hall–Kier alpha value is -0.900. The molecule has 0 radical (unpaired) electrons. The van der Waals surface area contributed by atoms with Gasteiger partial charge in [0.2, 0.25) is 0 Å². The van der Waals surface area contributed by atoms with Crippen molar-refractivity contribution >= 4 is 0 Å². The zero-order valence-electron chi connectivity index (χ0n) is 12.4. The van der Waals surface area contributed by atoms with Crippen LogP contribution in [-0.4, -0.2) is 15.2 Å². The quantitative estimate of drug-likeness (QED) is 0.887. The lowest BCUT2D eigenvalue weighted by Gasteiger charge is -2.58.